The second-order valence-corrected chi connectivity index (χ2v) is 8.62. The Kier molecular flexibility index (Phi) is 7.79. The lowest BCUT2D eigenvalue weighted by Gasteiger charge is -2.30. The summed E-state index contributed by atoms with van der Waals surface area (Å²) in [5, 5.41) is 2.77. The fourth-order valence-electron chi connectivity index (χ4n) is 4.42. The molecule has 2 amide bonds. The number of ether oxygens (including phenoxy) is 2. The number of Topliss-reactive ketones (excluding diaryl/α,β-unsaturated/α-hetero) is 1. The van der Waals surface area contributed by atoms with Gasteiger partial charge in [-0.2, -0.15) is 4.99 Å². The van der Waals surface area contributed by atoms with Crippen LogP contribution in [-0.2, 0) is 14.3 Å². The Morgan fingerprint density at radius 3 is 2.79 bits per heavy atom. The Hall–Kier alpha value is -2.98. The number of likely N-dealkylation sites (tertiary alicyclic amines) is 1. The van der Waals surface area contributed by atoms with Gasteiger partial charge in [0.2, 0.25) is 5.91 Å². The van der Waals surface area contributed by atoms with Gasteiger partial charge in [-0.05, 0) is 51.1 Å². The highest BCUT2D eigenvalue weighted by molar-refractivity contribution is 6.17. The van der Waals surface area contributed by atoms with Crippen molar-refractivity contribution in [2.24, 2.45) is 21.8 Å². The van der Waals surface area contributed by atoms with Crippen molar-refractivity contribution in [3.8, 4) is 5.75 Å². The third kappa shape index (κ3) is 5.74. The molecule has 9 nitrogen and oxygen atoms in total. The summed E-state index contributed by atoms with van der Waals surface area (Å²) in [4.78, 5) is 47.7. The molecule has 3 aliphatic rings. The molecule has 34 heavy (non-hydrogen) atoms. The van der Waals surface area contributed by atoms with E-state index >= 15 is 0 Å². The summed E-state index contributed by atoms with van der Waals surface area (Å²) < 4.78 is 24.6. The lowest BCUT2D eigenvalue weighted by molar-refractivity contribution is -0.123. The van der Waals surface area contributed by atoms with Crippen LogP contribution in [0.1, 0.15) is 36.5 Å². The highest BCUT2D eigenvalue weighted by atomic mass is 19.1. The third-order valence-corrected chi connectivity index (χ3v) is 6.28. The fraction of sp³-hybridized carbons (Fsp3) is 0.542. The summed E-state index contributed by atoms with van der Waals surface area (Å²) in [6.45, 7) is 4.44. The maximum absolute atomic E-state index is 14.1. The summed E-state index contributed by atoms with van der Waals surface area (Å²) in [5.41, 5.74) is 1.11. The molecule has 1 atom stereocenters. The summed E-state index contributed by atoms with van der Waals surface area (Å²) in [7, 11) is 0. The Morgan fingerprint density at radius 2 is 2.06 bits per heavy atom. The quantitative estimate of drug-likeness (QED) is 0.577. The van der Waals surface area contributed by atoms with E-state index in [1.54, 1.807) is 13.0 Å². The number of fused-ring (bicyclic) bond motifs is 1. The van der Waals surface area contributed by atoms with Gasteiger partial charge in [0, 0.05) is 23.6 Å². The molecule has 3 aliphatic heterocycles. The number of carbonyl (C=O) groups is 3. The van der Waals surface area contributed by atoms with Crippen molar-refractivity contribution in [2.75, 3.05) is 46.0 Å². The number of aliphatic imine (C=N–C) groups is 2. The lowest BCUT2D eigenvalue weighted by Crippen LogP contribution is -2.44. The predicted octanol–water partition coefficient (Wildman–Crippen LogP) is 1.65. The number of carbonyl (C=O) groups excluding carboxylic acids is 3. The number of nitrogens with one attached hydrogen (secondary N) is 1. The molecule has 0 saturated carbocycles. The number of ketones is 1. The molecular weight excluding hydrogens is 443 g/mol. The first-order chi connectivity index (χ1) is 16.4. The molecule has 4 rings (SSSR count). The van der Waals surface area contributed by atoms with Gasteiger partial charge in [-0.1, -0.05) is 0 Å². The van der Waals surface area contributed by atoms with E-state index in [1.165, 1.54) is 12.1 Å². The zero-order chi connectivity index (χ0) is 24.1. The van der Waals surface area contributed by atoms with E-state index < -0.39 is 11.7 Å². The van der Waals surface area contributed by atoms with Crippen molar-refractivity contribution in [2.45, 2.75) is 26.2 Å². The number of nitrogens with zero attached hydrogens (tertiary/aromatic N) is 3. The van der Waals surface area contributed by atoms with Crippen LogP contribution in [0.2, 0.25) is 0 Å². The van der Waals surface area contributed by atoms with Crippen LogP contribution in [0, 0.1) is 17.7 Å². The van der Waals surface area contributed by atoms with E-state index in [0.29, 0.717) is 63.6 Å². The number of benzene rings is 1. The molecule has 10 heteroatoms. The van der Waals surface area contributed by atoms with Crippen LogP contribution >= 0.6 is 0 Å². The predicted molar refractivity (Wildman–Crippen MR) is 123 cm³/mol. The Morgan fingerprint density at radius 1 is 1.26 bits per heavy atom. The van der Waals surface area contributed by atoms with Gasteiger partial charge in [0.25, 0.3) is 5.91 Å². The normalized spacial score (nSPS) is 21.4. The van der Waals surface area contributed by atoms with Gasteiger partial charge in [0.1, 0.15) is 5.92 Å². The molecule has 182 valence electrons. The van der Waals surface area contributed by atoms with E-state index in [9.17, 15) is 18.8 Å². The van der Waals surface area contributed by atoms with Crippen molar-refractivity contribution in [1.82, 2.24) is 10.2 Å². The lowest BCUT2D eigenvalue weighted by atomic mass is 9.89. The monoisotopic (exact) mass is 472 g/mol. The summed E-state index contributed by atoms with van der Waals surface area (Å²) in [6, 6.07) is 4.32. The number of halogens is 1. The molecule has 0 radical (unpaired) electrons. The maximum Gasteiger partial charge on any atom is 0.258 e. The molecule has 1 aromatic carbocycles. The Bertz CT molecular complexity index is 1020. The molecule has 3 heterocycles. The van der Waals surface area contributed by atoms with Crippen LogP contribution in [0.15, 0.2) is 28.2 Å². The number of amidine groups is 1. The smallest absolute Gasteiger partial charge is 0.258 e. The summed E-state index contributed by atoms with van der Waals surface area (Å²) in [6.07, 6.45) is 1.79. The number of amides is 2. The average molecular weight is 473 g/mol. The van der Waals surface area contributed by atoms with E-state index in [4.69, 9.17) is 9.47 Å². The number of piperidine rings is 1. The first kappa shape index (κ1) is 24.2. The molecule has 0 bridgehead atoms. The van der Waals surface area contributed by atoms with Crippen molar-refractivity contribution in [1.29, 1.82) is 0 Å². The first-order valence-corrected chi connectivity index (χ1v) is 11.7. The van der Waals surface area contributed by atoms with E-state index in [1.807, 2.05) is 4.90 Å². The number of rotatable bonds is 8. The number of hydrogen-bond donors (Lipinski definition) is 1. The molecule has 0 aromatic heterocycles. The van der Waals surface area contributed by atoms with Gasteiger partial charge in [-0.15, -0.1) is 0 Å². The summed E-state index contributed by atoms with van der Waals surface area (Å²) >= 11 is 0. The largest absolute Gasteiger partial charge is 0.491 e. The Labute approximate surface area is 197 Å². The van der Waals surface area contributed by atoms with Crippen molar-refractivity contribution >= 4 is 29.1 Å². The Balaban J connectivity index is 1.22. The average Bonchev–Trinajstić information content (AvgIpc) is 2.84. The molecule has 1 N–H and O–H groups in total. The van der Waals surface area contributed by atoms with Crippen LogP contribution in [0.3, 0.4) is 0 Å². The van der Waals surface area contributed by atoms with Crippen LogP contribution in [0.4, 0.5) is 4.39 Å². The van der Waals surface area contributed by atoms with E-state index in [0.717, 1.165) is 5.71 Å². The van der Waals surface area contributed by atoms with E-state index in [2.05, 4.69) is 15.3 Å². The molecular formula is C24H29FN4O5. The summed E-state index contributed by atoms with van der Waals surface area (Å²) in [5.74, 6) is -1.23. The number of hydrogen-bond acceptors (Lipinski definition) is 7. The second-order valence-electron chi connectivity index (χ2n) is 8.62. The van der Waals surface area contributed by atoms with E-state index in [-0.39, 0.29) is 42.4 Å². The van der Waals surface area contributed by atoms with Crippen molar-refractivity contribution in [3.63, 3.8) is 0 Å². The molecule has 1 unspecified atom stereocenters. The van der Waals surface area contributed by atoms with Gasteiger partial charge in [-0.3, -0.25) is 19.3 Å². The zero-order valence-electron chi connectivity index (χ0n) is 19.2. The molecule has 0 aliphatic carbocycles. The standard InChI is InChI=1S/C24H29FN4O5/c1-2-34-20-4-3-16(11-18(20)25)23(31)15-5-8-29(9-6-15)13-22(30)26-12-21-27-19-7-10-33-14-17(19)24(32)28-21/h3-4,11,15,17H,2,5-10,12-14H2,1H3,(H,26,30). The van der Waals surface area contributed by atoms with Gasteiger partial charge >= 0.3 is 0 Å². The van der Waals surface area contributed by atoms with Crippen LogP contribution in [0.5, 0.6) is 5.75 Å². The van der Waals surface area contributed by atoms with Gasteiger partial charge in [-0.25, -0.2) is 9.38 Å². The zero-order valence-corrected chi connectivity index (χ0v) is 19.2. The van der Waals surface area contributed by atoms with Crippen LogP contribution in [0.25, 0.3) is 0 Å². The van der Waals surface area contributed by atoms with Crippen molar-refractivity contribution in [3.05, 3.63) is 29.6 Å². The molecule has 2 saturated heterocycles. The third-order valence-electron chi connectivity index (χ3n) is 6.28. The van der Waals surface area contributed by atoms with Crippen molar-refractivity contribution < 1.29 is 28.2 Å². The molecule has 0 spiro atoms. The fourth-order valence-corrected chi connectivity index (χ4v) is 4.42. The minimum atomic E-state index is -0.538. The maximum atomic E-state index is 14.1. The van der Waals surface area contributed by atoms with Gasteiger partial charge in [0.15, 0.2) is 23.2 Å². The SMILES string of the molecule is CCOc1ccc(C(=O)C2CCN(CC(=O)NCC3=NC(=O)C4COCCC4=N3)CC2)cc1F. The van der Waals surface area contributed by atoms with Crippen LogP contribution < -0.4 is 10.1 Å². The molecule has 2 fully saturated rings. The van der Waals surface area contributed by atoms with Gasteiger partial charge in [0.05, 0.1) is 32.9 Å². The minimum absolute atomic E-state index is 0.0865. The van der Waals surface area contributed by atoms with Gasteiger partial charge < -0.3 is 14.8 Å². The van der Waals surface area contributed by atoms with Crippen LogP contribution in [-0.4, -0.2) is 80.0 Å². The topological polar surface area (TPSA) is 110 Å². The second kappa shape index (κ2) is 11.0. The highest BCUT2D eigenvalue weighted by Crippen LogP contribution is 2.25. The molecule has 1 aromatic rings. The first-order valence-electron chi connectivity index (χ1n) is 11.7. The highest BCUT2D eigenvalue weighted by Gasteiger charge is 2.32. The minimum Gasteiger partial charge on any atom is -0.491 e.